The second-order valence-electron chi connectivity index (χ2n) is 3.78. The van der Waals surface area contributed by atoms with Gasteiger partial charge in [0.25, 0.3) is 0 Å². The van der Waals surface area contributed by atoms with Crippen LogP contribution < -0.4 is 10.6 Å². The number of nitrogens with zero attached hydrogens (tertiary/aromatic N) is 1. The first kappa shape index (κ1) is 12.3. The van der Waals surface area contributed by atoms with E-state index in [1.165, 1.54) is 11.1 Å². The lowest BCUT2D eigenvalue weighted by molar-refractivity contribution is 0.813. The van der Waals surface area contributed by atoms with Crippen LogP contribution in [0.4, 0.5) is 5.69 Å². The van der Waals surface area contributed by atoms with E-state index in [4.69, 9.17) is 17.3 Å². The Kier molecular flexibility index (Phi) is 4.43. The summed E-state index contributed by atoms with van der Waals surface area (Å²) in [6.45, 7) is 8.69. The molecule has 15 heavy (non-hydrogen) atoms. The Labute approximate surface area is 97.0 Å². The van der Waals surface area contributed by atoms with Crippen molar-refractivity contribution in [1.82, 2.24) is 0 Å². The van der Waals surface area contributed by atoms with Gasteiger partial charge in [0.15, 0.2) is 0 Å². The zero-order valence-corrected chi connectivity index (χ0v) is 10.4. The Morgan fingerprint density at radius 1 is 1.33 bits per heavy atom. The van der Waals surface area contributed by atoms with Gasteiger partial charge in [-0.25, -0.2) is 0 Å². The Morgan fingerprint density at radius 3 is 2.47 bits per heavy atom. The maximum absolute atomic E-state index is 6.26. The van der Waals surface area contributed by atoms with Gasteiger partial charge in [-0.3, -0.25) is 0 Å². The number of anilines is 1. The summed E-state index contributed by atoms with van der Waals surface area (Å²) >= 11 is 6.26. The van der Waals surface area contributed by atoms with Crippen LogP contribution >= 0.6 is 11.6 Å². The number of aryl methyl sites for hydroxylation is 2. The molecule has 0 saturated carbocycles. The summed E-state index contributed by atoms with van der Waals surface area (Å²) in [5, 5.41) is 0.822. The van der Waals surface area contributed by atoms with Crippen LogP contribution in [0.2, 0.25) is 5.02 Å². The number of benzene rings is 1. The van der Waals surface area contributed by atoms with Crippen molar-refractivity contribution in [2.75, 3.05) is 24.5 Å². The summed E-state index contributed by atoms with van der Waals surface area (Å²) in [7, 11) is 0. The molecule has 0 aliphatic rings. The van der Waals surface area contributed by atoms with Gasteiger partial charge in [-0.2, -0.15) is 0 Å². The molecule has 0 heterocycles. The van der Waals surface area contributed by atoms with Crippen LogP contribution in [0.15, 0.2) is 12.1 Å². The number of hydrogen-bond acceptors (Lipinski definition) is 2. The monoisotopic (exact) mass is 226 g/mol. The third kappa shape index (κ3) is 2.86. The number of rotatable bonds is 4. The number of likely N-dealkylation sites (N-methyl/N-ethyl adjacent to an activating group) is 1. The van der Waals surface area contributed by atoms with Crippen molar-refractivity contribution in [3.63, 3.8) is 0 Å². The van der Waals surface area contributed by atoms with E-state index in [0.717, 1.165) is 23.8 Å². The zero-order valence-electron chi connectivity index (χ0n) is 9.68. The molecule has 84 valence electrons. The minimum Gasteiger partial charge on any atom is -0.369 e. The molecule has 0 radical (unpaired) electrons. The van der Waals surface area contributed by atoms with Gasteiger partial charge in [-0.05, 0) is 38.0 Å². The van der Waals surface area contributed by atoms with Crippen molar-refractivity contribution < 1.29 is 0 Å². The molecule has 0 aromatic heterocycles. The quantitative estimate of drug-likeness (QED) is 0.856. The van der Waals surface area contributed by atoms with Crippen LogP contribution in [0.25, 0.3) is 0 Å². The van der Waals surface area contributed by atoms with E-state index in [2.05, 4.69) is 31.7 Å². The van der Waals surface area contributed by atoms with Gasteiger partial charge in [0.1, 0.15) is 0 Å². The van der Waals surface area contributed by atoms with E-state index in [-0.39, 0.29) is 0 Å². The fourth-order valence-corrected chi connectivity index (χ4v) is 2.33. The summed E-state index contributed by atoms with van der Waals surface area (Å²) in [5.74, 6) is 0. The van der Waals surface area contributed by atoms with E-state index in [9.17, 15) is 0 Å². The first-order chi connectivity index (χ1) is 7.10. The average molecular weight is 227 g/mol. The highest BCUT2D eigenvalue weighted by molar-refractivity contribution is 6.33. The summed E-state index contributed by atoms with van der Waals surface area (Å²) in [4.78, 5) is 2.22. The molecule has 2 nitrogen and oxygen atoms in total. The lowest BCUT2D eigenvalue weighted by Gasteiger charge is -2.25. The van der Waals surface area contributed by atoms with E-state index >= 15 is 0 Å². The minimum absolute atomic E-state index is 0.650. The highest BCUT2D eigenvalue weighted by Crippen LogP contribution is 2.30. The maximum Gasteiger partial charge on any atom is 0.0644 e. The number of nitrogens with two attached hydrogens (primary N) is 1. The van der Waals surface area contributed by atoms with Crippen molar-refractivity contribution in [3.8, 4) is 0 Å². The van der Waals surface area contributed by atoms with Crippen molar-refractivity contribution in [2.45, 2.75) is 20.8 Å². The lowest BCUT2D eigenvalue weighted by Crippen LogP contribution is -2.29. The second-order valence-corrected chi connectivity index (χ2v) is 4.19. The van der Waals surface area contributed by atoms with Gasteiger partial charge in [0.05, 0.1) is 10.7 Å². The molecule has 0 spiro atoms. The lowest BCUT2D eigenvalue weighted by atomic mass is 10.1. The fraction of sp³-hybridized carbons (Fsp3) is 0.500. The molecule has 0 aliphatic heterocycles. The fourth-order valence-electron chi connectivity index (χ4n) is 1.89. The van der Waals surface area contributed by atoms with E-state index in [1.807, 2.05) is 6.07 Å². The second kappa shape index (κ2) is 5.38. The van der Waals surface area contributed by atoms with Crippen molar-refractivity contribution in [3.05, 3.63) is 28.3 Å². The molecular formula is C12H19ClN2. The highest BCUT2D eigenvalue weighted by Gasteiger charge is 2.11. The molecule has 0 unspecified atom stereocenters. The molecule has 3 heteroatoms. The number of hydrogen-bond donors (Lipinski definition) is 1. The first-order valence-electron chi connectivity index (χ1n) is 5.32. The Bertz CT molecular complexity index is 313. The molecule has 0 saturated heterocycles. The third-order valence-corrected chi connectivity index (χ3v) is 2.78. The van der Waals surface area contributed by atoms with Gasteiger partial charge in [0.2, 0.25) is 0 Å². The summed E-state index contributed by atoms with van der Waals surface area (Å²) in [6.07, 6.45) is 0. The summed E-state index contributed by atoms with van der Waals surface area (Å²) in [5.41, 5.74) is 9.13. The summed E-state index contributed by atoms with van der Waals surface area (Å²) < 4.78 is 0. The average Bonchev–Trinajstić information content (AvgIpc) is 2.14. The maximum atomic E-state index is 6.26. The van der Waals surface area contributed by atoms with Crippen molar-refractivity contribution >= 4 is 17.3 Å². The van der Waals surface area contributed by atoms with E-state index in [0.29, 0.717) is 6.54 Å². The molecular weight excluding hydrogens is 208 g/mol. The predicted molar refractivity (Wildman–Crippen MR) is 67.9 cm³/mol. The van der Waals surface area contributed by atoms with Gasteiger partial charge >= 0.3 is 0 Å². The standard InChI is InChI=1S/C12H19ClN2/c1-4-15(6-5-14)12-10(3)7-9(2)8-11(12)13/h7-8H,4-6,14H2,1-3H3. The summed E-state index contributed by atoms with van der Waals surface area (Å²) in [6, 6.07) is 4.16. The molecule has 0 aliphatic carbocycles. The van der Waals surface area contributed by atoms with Crippen LogP contribution in [0.3, 0.4) is 0 Å². The smallest absolute Gasteiger partial charge is 0.0644 e. The highest BCUT2D eigenvalue weighted by atomic mass is 35.5. The normalized spacial score (nSPS) is 10.5. The van der Waals surface area contributed by atoms with Gasteiger partial charge in [0, 0.05) is 19.6 Å². The molecule has 0 amide bonds. The van der Waals surface area contributed by atoms with Gasteiger partial charge < -0.3 is 10.6 Å². The Hall–Kier alpha value is -0.730. The zero-order chi connectivity index (χ0) is 11.4. The van der Waals surface area contributed by atoms with E-state index in [1.54, 1.807) is 0 Å². The van der Waals surface area contributed by atoms with Crippen molar-refractivity contribution in [1.29, 1.82) is 0 Å². The van der Waals surface area contributed by atoms with Crippen LogP contribution in [0.1, 0.15) is 18.1 Å². The van der Waals surface area contributed by atoms with E-state index < -0.39 is 0 Å². The molecule has 1 rings (SSSR count). The number of halogens is 1. The van der Waals surface area contributed by atoms with Crippen LogP contribution in [0, 0.1) is 13.8 Å². The Morgan fingerprint density at radius 2 is 2.00 bits per heavy atom. The molecule has 1 aromatic rings. The minimum atomic E-state index is 0.650. The third-order valence-electron chi connectivity index (χ3n) is 2.50. The molecule has 2 N–H and O–H groups in total. The largest absolute Gasteiger partial charge is 0.369 e. The van der Waals surface area contributed by atoms with Crippen LogP contribution in [-0.2, 0) is 0 Å². The first-order valence-corrected chi connectivity index (χ1v) is 5.69. The van der Waals surface area contributed by atoms with Crippen LogP contribution in [-0.4, -0.2) is 19.6 Å². The molecule has 0 atom stereocenters. The topological polar surface area (TPSA) is 29.3 Å². The molecule has 1 aromatic carbocycles. The van der Waals surface area contributed by atoms with Gasteiger partial charge in [-0.1, -0.05) is 17.7 Å². The van der Waals surface area contributed by atoms with Crippen molar-refractivity contribution in [2.24, 2.45) is 5.73 Å². The predicted octanol–water partition coefficient (Wildman–Crippen LogP) is 2.74. The Balaban J connectivity index is 3.11. The van der Waals surface area contributed by atoms with Crippen LogP contribution in [0.5, 0.6) is 0 Å². The van der Waals surface area contributed by atoms with Gasteiger partial charge in [-0.15, -0.1) is 0 Å². The molecule has 0 fully saturated rings. The molecule has 0 bridgehead atoms. The SMILES string of the molecule is CCN(CCN)c1c(C)cc(C)cc1Cl.